The van der Waals surface area contributed by atoms with Crippen molar-refractivity contribution in [2.45, 2.75) is 57.8 Å². The number of esters is 1. The highest BCUT2D eigenvalue weighted by molar-refractivity contribution is 7.99. The lowest BCUT2D eigenvalue weighted by molar-refractivity contribution is -0.152. The average Bonchev–Trinajstić information content (AvgIpc) is 3.43. The molecule has 0 saturated heterocycles. The van der Waals surface area contributed by atoms with Gasteiger partial charge in [0.1, 0.15) is 6.10 Å². The molecule has 0 spiro atoms. The quantitative estimate of drug-likeness (QED) is 0.323. The van der Waals surface area contributed by atoms with Crippen LogP contribution >= 0.6 is 11.8 Å². The molecule has 2 heterocycles. The third kappa shape index (κ3) is 5.44. The summed E-state index contributed by atoms with van der Waals surface area (Å²) in [7, 11) is 0. The highest BCUT2D eigenvalue weighted by Gasteiger charge is 2.33. The van der Waals surface area contributed by atoms with Gasteiger partial charge in [-0.1, -0.05) is 69.3 Å². The Labute approximate surface area is 193 Å². The number of rotatable bonds is 8. The first-order valence-corrected chi connectivity index (χ1v) is 12.3. The molecule has 6 nitrogen and oxygen atoms in total. The zero-order chi connectivity index (χ0) is 22.5. The van der Waals surface area contributed by atoms with Crippen LogP contribution in [0.3, 0.4) is 0 Å². The molecule has 2 aromatic heterocycles. The van der Waals surface area contributed by atoms with Crippen LogP contribution in [-0.2, 0) is 16.1 Å². The number of hydrogen-bond donors (Lipinski definition) is 0. The Kier molecular flexibility index (Phi) is 7.35. The van der Waals surface area contributed by atoms with Gasteiger partial charge in [-0.05, 0) is 48.3 Å². The van der Waals surface area contributed by atoms with Crippen LogP contribution in [0.1, 0.15) is 45.6 Å². The number of ether oxygens (including phenoxy) is 1. The van der Waals surface area contributed by atoms with Crippen molar-refractivity contribution in [2.75, 3.05) is 5.75 Å². The molecule has 0 aliphatic heterocycles. The molecule has 0 unspecified atom stereocenters. The van der Waals surface area contributed by atoms with Crippen molar-refractivity contribution in [1.82, 2.24) is 14.8 Å². The lowest BCUT2D eigenvalue weighted by Gasteiger charge is -2.36. The maximum Gasteiger partial charge on any atom is 0.316 e. The first-order valence-electron chi connectivity index (χ1n) is 11.3. The van der Waals surface area contributed by atoms with Gasteiger partial charge in [0, 0.05) is 0 Å². The van der Waals surface area contributed by atoms with Gasteiger partial charge >= 0.3 is 5.97 Å². The van der Waals surface area contributed by atoms with E-state index in [1.165, 1.54) is 18.2 Å². The predicted octanol–water partition coefficient (Wildman–Crippen LogP) is 5.68. The number of carbonyl (C=O) groups excluding carboxylic acids is 1. The average molecular weight is 454 g/mol. The summed E-state index contributed by atoms with van der Waals surface area (Å²) in [6.45, 7) is 7.28. The molecular weight excluding hydrogens is 422 g/mol. The Bertz CT molecular complexity index is 1000. The molecule has 170 valence electrons. The third-order valence-electron chi connectivity index (χ3n) is 6.21. The molecule has 4 rings (SSSR count). The van der Waals surface area contributed by atoms with Crippen molar-refractivity contribution in [3.05, 3.63) is 54.3 Å². The summed E-state index contributed by atoms with van der Waals surface area (Å²) in [4.78, 5) is 12.7. The summed E-state index contributed by atoms with van der Waals surface area (Å²) >= 11 is 1.36. The molecular formula is C25H31N3O3S. The Morgan fingerprint density at radius 1 is 1.19 bits per heavy atom. The van der Waals surface area contributed by atoms with E-state index in [9.17, 15) is 4.79 Å². The van der Waals surface area contributed by atoms with Crippen molar-refractivity contribution < 1.29 is 13.9 Å². The van der Waals surface area contributed by atoms with Crippen LogP contribution in [0.5, 0.6) is 0 Å². The molecule has 1 fully saturated rings. The van der Waals surface area contributed by atoms with Gasteiger partial charge in [-0.2, -0.15) is 0 Å². The van der Waals surface area contributed by atoms with Crippen molar-refractivity contribution in [3.8, 4) is 11.6 Å². The van der Waals surface area contributed by atoms with Gasteiger partial charge in [0.15, 0.2) is 10.9 Å². The minimum atomic E-state index is -0.187. The summed E-state index contributed by atoms with van der Waals surface area (Å²) in [5, 5.41) is 9.37. The third-order valence-corrected chi connectivity index (χ3v) is 7.15. The zero-order valence-corrected chi connectivity index (χ0v) is 19.8. The van der Waals surface area contributed by atoms with E-state index >= 15 is 0 Å². The molecule has 3 atom stereocenters. The Hall–Kier alpha value is -2.54. The predicted molar refractivity (Wildman–Crippen MR) is 125 cm³/mol. The molecule has 0 bridgehead atoms. The van der Waals surface area contributed by atoms with Crippen molar-refractivity contribution >= 4 is 17.7 Å². The molecule has 1 aromatic carbocycles. The zero-order valence-electron chi connectivity index (χ0n) is 18.9. The topological polar surface area (TPSA) is 70.2 Å². The number of furan rings is 1. The van der Waals surface area contributed by atoms with Gasteiger partial charge in [0.05, 0.1) is 18.6 Å². The molecule has 0 amide bonds. The fraction of sp³-hybridized carbons (Fsp3) is 0.480. The Morgan fingerprint density at radius 3 is 2.72 bits per heavy atom. The van der Waals surface area contributed by atoms with Crippen LogP contribution in [-0.4, -0.2) is 32.6 Å². The van der Waals surface area contributed by atoms with Crippen LogP contribution in [0.25, 0.3) is 11.6 Å². The van der Waals surface area contributed by atoms with Gasteiger partial charge < -0.3 is 9.15 Å². The van der Waals surface area contributed by atoms with Crippen LogP contribution in [0.2, 0.25) is 0 Å². The summed E-state index contributed by atoms with van der Waals surface area (Å²) in [6, 6.07) is 13.8. The smallest absolute Gasteiger partial charge is 0.316 e. The van der Waals surface area contributed by atoms with Crippen molar-refractivity contribution in [1.29, 1.82) is 0 Å². The van der Waals surface area contributed by atoms with E-state index in [2.05, 4.69) is 43.1 Å². The van der Waals surface area contributed by atoms with E-state index in [0.29, 0.717) is 41.0 Å². The van der Waals surface area contributed by atoms with Crippen molar-refractivity contribution in [3.63, 3.8) is 0 Å². The second-order valence-corrected chi connectivity index (χ2v) is 9.94. The van der Waals surface area contributed by atoms with Gasteiger partial charge in [-0.15, -0.1) is 10.2 Å². The molecule has 1 aliphatic carbocycles. The molecule has 0 N–H and O–H groups in total. The van der Waals surface area contributed by atoms with Crippen LogP contribution in [0, 0.1) is 17.8 Å². The van der Waals surface area contributed by atoms with Gasteiger partial charge in [-0.25, -0.2) is 0 Å². The summed E-state index contributed by atoms with van der Waals surface area (Å²) in [6.07, 6.45) is 4.92. The first-order chi connectivity index (χ1) is 15.5. The van der Waals surface area contributed by atoms with Crippen LogP contribution in [0.15, 0.2) is 58.3 Å². The second kappa shape index (κ2) is 10.4. The number of hydrogen-bond acceptors (Lipinski definition) is 6. The van der Waals surface area contributed by atoms with Crippen LogP contribution < -0.4 is 0 Å². The minimum absolute atomic E-state index is 0.00715. The lowest BCUT2D eigenvalue weighted by Crippen LogP contribution is -2.36. The van der Waals surface area contributed by atoms with E-state index in [0.717, 1.165) is 18.4 Å². The fourth-order valence-corrected chi connectivity index (χ4v) is 5.19. The standard InChI is InChI=1S/C25H31N3O3S/c1-17(2)20-12-11-18(3)14-22(20)31-23(29)16-32-25-27-26-24(21-10-7-13-30-21)28(25)15-19-8-5-4-6-9-19/h4-10,13,17-18,20,22H,11-12,14-16H2,1-3H3/t18-,20-,22+/m0/s1. The number of benzene rings is 1. The van der Waals surface area contributed by atoms with E-state index in [4.69, 9.17) is 9.15 Å². The highest BCUT2D eigenvalue weighted by Crippen LogP contribution is 2.35. The fourth-order valence-electron chi connectivity index (χ4n) is 4.47. The Morgan fingerprint density at radius 2 is 2.00 bits per heavy atom. The molecule has 0 radical (unpaired) electrons. The van der Waals surface area contributed by atoms with Crippen molar-refractivity contribution in [2.24, 2.45) is 17.8 Å². The maximum absolute atomic E-state index is 12.7. The number of aromatic nitrogens is 3. The first kappa shape index (κ1) is 22.6. The molecule has 3 aromatic rings. The van der Waals surface area contributed by atoms with E-state index in [-0.39, 0.29) is 17.8 Å². The molecule has 1 saturated carbocycles. The number of thioether (sulfide) groups is 1. The number of nitrogens with zero attached hydrogens (tertiary/aromatic N) is 3. The minimum Gasteiger partial charge on any atom is -0.461 e. The Balaban J connectivity index is 1.46. The monoisotopic (exact) mass is 453 g/mol. The van der Waals surface area contributed by atoms with Crippen LogP contribution in [0.4, 0.5) is 0 Å². The molecule has 1 aliphatic rings. The van der Waals surface area contributed by atoms with E-state index in [1.807, 2.05) is 34.9 Å². The SMILES string of the molecule is CC(C)[C@@H]1CC[C@H](C)C[C@H]1OC(=O)CSc1nnc(-c2ccco2)n1Cc1ccccc1. The normalized spacial score (nSPS) is 21.1. The summed E-state index contributed by atoms with van der Waals surface area (Å²) < 4.78 is 13.5. The molecule has 7 heteroatoms. The largest absolute Gasteiger partial charge is 0.461 e. The van der Waals surface area contributed by atoms with E-state index < -0.39 is 0 Å². The maximum atomic E-state index is 12.7. The van der Waals surface area contributed by atoms with Gasteiger partial charge in [0.2, 0.25) is 5.82 Å². The van der Waals surface area contributed by atoms with E-state index in [1.54, 1.807) is 6.26 Å². The second-order valence-electron chi connectivity index (χ2n) is 9.00. The van der Waals surface area contributed by atoms with Gasteiger partial charge in [-0.3, -0.25) is 9.36 Å². The highest BCUT2D eigenvalue weighted by atomic mass is 32.2. The molecule has 32 heavy (non-hydrogen) atoms. The lowest BCUT2D eigenvalue weighted by atomic mass is 9.75. The summed E-state index contributed by atoms with van der Waals surface area (Å²) in [5.41, 5.74) is 1.13. The summed E-state index contributed by atoms with van der Waals surface area (Å²) in [5.74, 6) is 2.87. The van der Waals surface area contributed by atoms with Gasteiger partial charge in [0.25, 0.3) is 0 Å². The number of carbonyl (C=O) groups is 1.